The molecule has 1 aliphatic heterocycles. The lowest BCUT2D eigenvalue weighted by Gasteiger charge is -2.27. The third-order valence-electron chi connectivity index (χ3n) is 4.92. The van der Waals surface area contributed by atoms with Gasteiger partial charge in [-0.05, 0) is 12.5 Å². The Morgan fingerprint density at radius 3 is 2.07 bits per heavy atom. The highest BCUT2D eigenvalue weighted by molar-refractivity contribution is 5.94. The molecule has 5 nitrogen and oxygen atoms in total. The molecule has 3 N–H and O–H groups in total. The molecule has 1 aliphatic rings. The number of rotatable bonds is 3. The van der Waals surface area contributed by atoms with Crippen LogP contribution < -0.4 is 5.32 Å². The van der Waals surface area contributed by atoms with Crippen molar-refractivity contribution < 1.29 is 31.9 Å². The molecule has 0 amide bonds. The number of carboxylic acid groups (broad SMARTS) is 1. The Hall–Kier alpha value is -3.69. The molecule has 0 bridgehead atoms. The zero-order valence-corrected chi connectivity index (χ0v) is 15.2. The molecule has 0 radical (unpaired) electrons. The summed E-state index contributed by atoms with van der Waals surface area (Å²) in [6, 6.07) is 8.26. The first-order chi connectivity index (χ1) is 14.2. The maximum Gasteiger partial charge on any atom is 0.334 e. The number of hydrogen-bond acceptors (Lipinski definition) is 3. The van der Waals surface area contributed by atoms with Crippen LogP contribution in [0.3, 0.4) is 0 Å². The zero-order chi connectivity index (χ0) is 21.7. The predicted octanol–water partition coefficient (Wildman–Crippen LogP) is 4.69. The van der Waals surface area contributed by atoms with Crippen LogP contribution in [0.2, 0.25) is 0 Å². The number of carbonyl (C=O) groups is 1. The van der Waals surface area contributed by atoms with Gasteiger partial charge >= 0.3 is 5.97 Å². The van der Waals surface area contributed by atoms with Crippen LogP contribution in [0.1, 0.15) is 24.0 Å². The first kappa shape index (κ1) is 19.6. The molecule has 154 valence electrons. The van der Waals surface area contributed by atoms with Crippen LogP contribution in [-0.4, -0.2) is 21.3 Å². The molecular formula is C20H12F5N3O2. The summed E-state index contributed by atoms with van der Waals surface area (Å²) >= 11 is 0. The fourth-order valence-electron chi connectivity index (χ4n) is 3.61. The van der Waals surface area contributed by atoms with E-state index in [0.29, 0.717) is 5.56 Å². The topological polar surface area (TPSA) is 78.0 Å². The number of aliphatic carboxylic acids is 1. The van der Waals surface area contributed by atoms with Gasteiger partial charge in [0, 0.05) is 16.8 Å². The summed E-state index contributed by atoms with van der Waals surface area (Å²) in [5, 5.41) is 19.1. The second kappa shape index (κ2) is 6.97. The minimum absolute atomic E-state index is 0.0188. The van der Waals surface area contributed by atoms with Crippen LogP contribution in [0.5, 0.6) is 0 Å². The summed E-state index contributed by atoms with van der Waals surface area (Å²) in [4.78, 5) is 12.0. The van der Waals surface area contributed by atoms with E-state index in [1.165, 1.54) is 6.92 Å². The van der Waals surface area contributed by atoms with E-state index in [-0.39, 0.29) is 22.8 Å². The first-order valence-electron chi connectivity index (χ1n) is 8.60. The van der Waals surface area contributed by atoms with Crippen LogP contribution in [0, 0.1) is 29.1 Å². The molecule has 3 aromatic rings. The minimum atomic E-state index is -2.32. The minimum Gasteiger partial charge on any atom is -0.478 e. The second-order valence-electron chi connectivity index (χ2n) is 6.61. The Bertz CT molecular complexity index is 1190. The molecule has 0 aliphatic carbocycles. The summed E-state index contributed by atoms with van der Waals surface area (Å²) in [6.07, 6.45) is 0. The quantitative estimate of drug-likeness (QED) is 0.326. The lowest BCUT2D eigenvalue weighted by atomic mass is 9.80. The molecule has 10 heteroatoms. The van der Waals surface area contributed by atoms with Crippen molar-refractivity contribution >= 4 is 11.8 Å². The number of nitrogens with zero attached hydrogens (tertiary/aromatic N) is 1. The van der Waals surface area contributed by atoms with Crippen LogP contribution in [0.15, 0.2) is 41.6 Å². The fraction of sp³-hybridized carbons (Fsp3) is 0.100. The van der Waals surface area contributed by atoms with Crippen LogP contribution in [-0.2, 0) is 4.79 Å². The van der Waals surface area contributed by atoms with Gasteiger partial charge < -0.3 is 10.4 Å². The Kier molecular flexibility index (Phi) is 4.56. The van der Waals surface area contributed by atoms with E-state index in [0.717, 1.165) is 0 Å². The Balaban J connectivity index is 2.10. The molecule has 2 heterocycles. The number of carboxylic acids is 1. The zero-order valence-electron chi connectivity index (χ0n) is 15.2. The van der Waals surface area contributed by atoms with Gasteiger partial charge in [-0.25, -0.2) is 26.7 Å². The van der Waals surface area contributed by atoms with E-state index in [1.54, 1.807) is 30.3 Å². The van der Waals surface area contributed by atoms with Crippen molar-refractivity contribution in [3.63, 3.8) is 0 Å². The van der Waals surface area contributed by atoms with E-state index >= 15 is 0 Å². The van der Waals surface area contributed by atoms with Gasteiger partial charge in [-0.2, -0.15) is 5.10 Å². The molecule has 2 aromatic carbocycles. The number of nitrogens with one attached hydrogen (secondary N) is 2. The molecule has 4 rings (SSSR count). The molecule has 1 aromatic heterocycles. The van der Waals surface area contributed by atoms with Crippen molar-refractivity contribution in [1.29, 1.82) is 0 Å². The van der Waals surface area contributed by atoms with Gasteiger partial charge in [-0.1, -0.05) is 30.3 Å². The summed E-state index contributed by atoms with van der Waals surface area (Å²) in [5.41, 5.74) is -1.26. The molecule has 0 fully saturated rings. The van der Waals surface area contributed by atoms with E-state index in [4.69, 9.17) is 0 Å². The lowest BCUT2D eigenvalue weighted by molar-refractivity contribution is -0.133. The monoisotopic (exact) mass is 421 g/mol. The standard InChI is InChI=1S/C20H12F5N3O2/c1-7-9(20(29)30)10(11-13(21)15(23)17(25)16(24)14(11)22)12-18(27-28-19(12)26-7)8-5-3-2-4-6-8/h2-6,10H,1H3,(H,29,30)(H2,26,27,28). The lowest BCUT2D eigenvalue weighted by Crippen LogP contribution is -2.25. The van der Waals surface area contributed by atoms with Gasteiger partial charge in [0.1, 0.15) is 0 Å². The number of fused-ring (bicyclic) bond motifs is 1. The molecule has 1 atom stereocenters. The van der Waals surface area contributed by atoms with Crippen molar-refractivity contribution in [3.05, 3.63) is 81.8 Å². The molecule has 0 saturated carbocycles. The van der Waals surface area contributed by atoms with Crippen LogP contribution in [0.25, 0.3) is 11.3 Å². The highest BCUT2D eigenvalue weighted by Gasteiger charge is 2.41. The van der Waals surface area contributed by atoms with Gasteiger partial charge in [0.25, 0.3) is 0 Å². The summed E-state index contributed by atoms with van der Waals surface area (Å²) in [5.74, 6) is -14.2. The maximum atomic E-state index is 14.7. The SMILES string of the molecule is CC1=C(C(=O)O)C(c2c(F)c(F)c(F)c(F)c2F)c2c(n[nH]c2-c2ccccc2)N1. The van der Waals surface area contributed by atoms with Gasteiger partial charge in [-0.3, -0.25) is 5.10 Å². The summed E-state index contributed by atoms with van der Waals surface area (Å²) in [6.45, 7) is 1.31. The average molecular weight is 421 g/mol. The third-order valence-corrected chi connectivity index (χ3v) is 4.92. The number of allylic oxidation sites excluding steroid dienone is 1. The van der Waals surface area contributed by atoms with Crippen molar-refractivity contribution in [3.8, 4) is 11.3 Å². The molecule has 0 spiro atoms. The maximum absolute atomic E-state index is 14.7. The van der Waals surface area contributed by atoms with Crippen molar-refractivity contribution in [2.45, 2.75) is 12.8 Å². The van der Waals surface area contributed by atoms with Gasteiger partial charge in [0.2, 0.25) is 5.82 Å². The normalized spacial score (nSPS) is 15.7. The summed E-state index contributed by atoms with van der Waals surface area (Å²) < 4.78 is 70.9. The van der Waals surface area contributed by atoms with E-state index in [2.05, 4.69) is 15.5 Å². The number of halogens is 5. The number of anilines is 1. The van der Waals surface area contributed by atoms with Crippen LogP contribution >= 0.6 is 0 Å². The molecule has 0 saturated heterocycles. The Morgan fingerprint density at radius 2 is 1.50 bits per heavy atom. The highest BCUT2D eigenvalue weighted by atomic mass is 19.2. The number of H-pyrrole nitrogens is 1. The third kappa shape index (κ3) is 2.75. The molecular weight excluding hydrogens is 409 g/mol. The number of aromatic amines is 1. The molecule has 1 unspecified atom stereocenters. The van der Waals surface area contributed by atoms with Gasteiger partial charge in [-0.15, -0.1) is 0 Å². The number of hydrogen-bond donors (Lipinski definition) is 3. The predicted molar refractivity (Wildman–Crippen MR) is 96.1 cm³/mol. The number of benzene rings is 2. The Morgan fingerprint density at radius 1 is 0.933 bits per heavy atom. The highest BCUT2D eigenvalue weighted by Crippen LogP contribution is 2.47. The van der Waals surface area contributed by atoms with Crippen molar-refractivity contribution in [1.82, 2.24) is 10.2 Å². The van der Waals surface area contributed by atoms with Crippen molar-refractivity contribution in [2.24, 2.45) is 0 Å². The fourth-order valence-corrected chi connectivity index (χ4v) is 3.61. The first-order valence-corrected chi connectivity index (χ1v) is 8.60. The second-order valence-corrected chi connectivity index (χ2v) is 6.61. The molecule has 30 heavy (non-hydrogen) atoms. The van der Waals surface area contributed by atoms with Crippen LogP contribution in [0.4, 0.5) is 27.8 Å². The number of aromatic nitrogens is 2. The van der Waals surface area contributed by atoms with E-state index in [9.17, 15) is 31.9 Å². The smallest absolute Gasteiger partial charge is 0.334 e. The Labute approximate surface area is 165 Å². The van der Waals surface area contributed by atoms with Gasteiger partial charge in [0.15, 0.2) is 29.1 Å². The van der Waals surface area contributed by atoms with Gasteiger partial charge in [0.05, 0.1) is 17.2 Å². The van der Waals surface area contributed by atoms with Crippen molar-refractivity contribution in [2.75, 3.05) is 5.32 Å². The largest absolute Gasteiger partial charge is 0.478 e. The van der Waals surface area contributed by atoms with E-state index < -0.39 is 52.1 Å². The average Bonchev–Trinajstić information content (AvgIpc) is 3.14. The van der Waals surface area contributed by atoms with E-state index in [1.807, 2.05) is 0 Å². The summed E-state index contributed by atoms with van der Waals surface area (Å²) in [7, 11) is 0.